The van der Waals surface area contributed by atoms with Gasteiger partial charge < -0.3 is 0 Å². The fraction of sp³-hybridized carbons (Fsp3) is 0.510. The van der Waals surface area contributed by atoms with Crippen LogP contribution in [0.2, 0.25) is 0 Å². The molecule has 0 aliphatic carbocycles. The number of benzene rings is 4. The summed E-state index contributed by atoms with van der Waals surface area (Å²) in [6, 6.07) is 30.6. The third-order valence-corrected chi connectivity index (χ3v) is 7.62. The van der Waals surface area contributed by atoms with Crippen LogP contribution in [0.3, 0.4) is 0 Å². The standard InChI is InChI=1S/3C11H16.C9H12.C2H6.5CH4/c1-8(2)11-6-9(3)5-10(4)7-11;1-8(2)11-6-5-9(3)10(4)7-11;1-8(2)11-6-5-9(3)7-10(11)4;1-8(2)9-6-4-3-5-7-9;1-2;;;;;/h3*5-8H,1-4H3;3-8H,1-2H3;1-2H3;5*1H4. The fourth-order valence-corrected chi connectivity index (χ4v) is 4.78. The summed E-state index contributed by atoms with van der Waals surface area (Å²) in [6.45, 7) is 34.7. The summed E-state index contributed by atoms with van der Waals surface area (Å²) in [6.07, 6.45) is 0. The van der Waals surface area contributed by atoms with Gasteiger partial charge in [0.1, 0.15) is 0 Å². The van der Waals surface area contributed by atoms with Crippen molar-refractivity contribution in [2.75, 3.05) is 0 Å². The van der Waals surface area contributed by atoms with Gasteiger partial charge in [-0.2, -0.15) is 0 Å². The van der Waals surface area contributed by atoms with Crippen molar-refractivity contribution in [2.24, 2.45) is 0 Å². The van der Waals surface area contributed by atoms with Crippen molar-refractivity contribution in [1.82, 2.24) is 0 Å². The second kappa shape index (κ2) is 30.9. The van der Waals surface area contributed by atoms with Gasteiger partial charge in [0, 0.05) is 0 Å². The molecule has 0 heteroatoms. The highest BCUT2D eigenvalue weighted by Crippen LogP contribution is 2.20. The van der Waals surface area contributed by atoms with Crippen LogP contribution in [0, 0.1) is 41.5 Å². The molecule has 0 saturated carbocycles. The van der Waals surface area contributed by atoms with Gasteiger partial charge in [-0.3, -0.25) is 0 Å². The van der Waals surface area contributed by atoms with Crippen LogP contribution in [0.4, 0.5) is 0 Å². The molecule has 0 aromatic heterocycles. The van der Waals surface area contributed by atoms with Crippen LogP contribution in [0.1, 0.15) is 186 Å². The Labute approximate surface area is 311 Å². The second-order valence-electron chi connectivity index (χ2n) is 13.2. The smallest absolute Gasteiger partial charge is 0.0216 e. The van der Waals surface area contributed by atoms with Crippen LogP contribution in [-0.2, 0) is 0 Å². The second-order valence-corrected chi connectivity index (χ2v) is 13.2. The van der Waals surface area contributed by atoms with Crippen LogP contribution in [0.25, 0.3) is 0 Å². The molecule has 0 radical (unpaired) electrons. The normalized spacial score (nSPS) is 9.14. The van der Waals surface area contributed by atoms with Gasteiger partial charge in [-0.15, -0.1) is 0 Å². The van der Waals surface area contributed by atoms with Crippen molar-refractivity contribution >= 4 is 0 Å². The lowest BCUT2D eigenvalue weighted by molar-refractivity contribution is 0.855. The van der Waals surface area contributed by atoms with E-state index in [1.165, 1.54) is 55.6 Å². The quantitative estimate of drug-likeness (QED) is 0.202. The van der Waals surface area contributed by atoms with Crippen LogP contribution >= 0.6 is 0 Å². The van der Waals surface area contributed by atoms with E-state index in [9.17, 15) is 0 Å². The summed E-state index contributed by atoms with van der Waals surface area (Å²) in [5.41, 5.74) is 14.1. The van der Waals surface area contributed by atoms with Gasteiger partial charge in [0.05, 0.1) is 0 Å². The first kappa shape index (κ1) is 58.1. The van der Waals surface area contributed by atoms with Gasteiger partial charge in [-0.1, -0.05) is 208 Å². The number of rotatable bonds is 4. The van der Waals surface area contributed by atoms with Gasteiger partial charge in [0.15, 0.2) is 0 Å². The maximum atomic E-state index is 2.28. The Balaban J connectivity index is -0.000000120. The topological polar surface area (TPSA) is 0 Å². The monoisotopic (exact) mass is 675 g/mol. The third kappa shape index (κ3) is 23.8. The lowest BCUT2D eigenvalue weighted by atomic mass is 9.97. The van der Waals surface area contributed by atoms with E-state index < -0.39 is 0 Å². The minimum Gasteiger partial charge on any atom is -0.0776 e. The van der Waals surface area contributed by atoms with Gasteiger partial charge in [-0.25, -0.2) is 0 Å². The molecule has 0 amide bonds. The molecule has 49 heavy (non-hydrogen) atoms. The Morgan fingerprint density at radius 1 is 0.327 bits per heavy atom. The molecule has 0 aliphatic heterocycles. The van der Waals surface area contributed by atoms with E-state index in [0.717, 1.165) is 0 Å². The van der Waals surface area contributed by atoms with Crippen molar-refractivity contribution in [3.8, 4) is 0 Å². The molecule has 0 heterocycles. The number of hydrogen-bond acceptors (Lipinski definition) is 0. The average Bonchev–Trinajstić information content (AvgIpc) is 2.96. The van der Waals surface area contributed by atoms with Gasteiger partial charge in [-0.05, 0) is 104 Å². The van der Waals surface area contributed by atoms with Crippen molar-refractivity contribution in [3.63, 3.8) is 0 Å². The Kier molecular flexibility index (Phi) is 36.6. The van der Waals surface area contributed by atoms with E-state index in [2.05, 4.69) is 176 Å². The highest BCUT2D eigenvalue weighted by Gasteiger charge is 2.02. The Morgan fingerprint density at radius 3 is 1.12 bits per heavy atom. The van der Waals surface area contributed by atoms with Crippen LogP contribution in [-0.4, -0.2) is 0 Å². The highest BCUT2D eigenvalue weighted by molar-refractivity contribution is 5.33. The molecular formula is C49H86. The summed E-state index contributed by atoms with van der Waals surface area (Å²) < 4.78 is 0. The molecule has 0 spiro atoms. The first-order valence-electron chi connectivity index (χ1n) is 16.9. The molecule has 4 aromatic carbocycles. The van der Waals surface area contributed by atoms with Crippen molar-refractivity contribution in [1.29, 1.82) is 0 Å². The number of hydrogen-bond donors (Lipinski definition) is 0. The van der Waals surface area contributed by atoms with Crippen molar-refractivity contribution in [2.45, 2.75) is 172 Å². The summed E-state index contributed by atoms with van der Waals surface area (Å²) >= 11 is 0. The molecule has 0 fully saturated rings. The first-order chi connectivity index (χ1) is 20.6. The maximum Gasteiger partial charge on any atom is -0.0216 e. The molecule has 0 N–H and O–H groups in total. The summed E-state index contributed by atoms with van der Waals surface area (Å²) in [5, 5.41) is 0. The number of aryl methyl sites for hydroxylation is 6. The van der Waals surface area contributed by atoms with E-state index in [-0.39, 0.29) is 37.1 Å². The minimum absolute atomic E-state index is 0. The SMILES string of the molecule is C.C.C.C.C.CC.CC(C)c1ccccc1.Cc1cc(C)cc(C(C)C)c1.Cc1ccc(C(C)C)c(C)c1.Cc1ccc(C(C)C)cc1C. The zero-order valence-electron chi connectivity index (χ0n) is 31.4. The Morgan fingerprint density at radius 2 is 0.776 bits per heavy atom. The minimum atomic E-state index is 0. The predicted molar refractivity (Wildman–Crippen MR) is 236 cm³/mol. The zero-order valence-corrected chi connectivity index (χ0v) is 31.4. The van der Waals surface area contributed by atoms with Gasteiger partial charge in [0.2, 0.25) is 0 Å². The molecule has 0 atom stereocenters. The molecule has 0 aliphatic rings. The summed E-state index contributed by atoms with van der Waals surface area (Å²) in [4.78, 5) is 0. The first-order valence-corrected chi connectivity index (χ1v) is 16.9. The van der Waals surface area contributed by atoms with Crippen LogP contribution < -0.4 is 0 Å². The lowest BCUT2D eigenvalue weighted by Crippen LogP contribution is -1.91. The van der Waals surface area contributed by atoms with Crippen LogP contribution in [0.5, 0.6) is 0 Å². The Bertz CT molecular complexity index is 1300. The highest BCUT2D eigenvalue weighted by atomic mass is 14.1. The molecule has 0 bridgehead atoms. The fourth-order valence-electron chi connectivity index (χ4n) is 4.78. The van der Waals surface area contributed by atoms with E-state index in [1.807, 2.05) is 19.9 Å². The summed E-state index contributed by atoms with van der Waals surface area (Å²) in [5.74, 6) is 2.60. The van der Waals surface area contributed by atoms with Crippen molar-refractivity contribution in [3.05, 3.63) is 141 Å². The lowest BCUT2D eigenvalue weighted by Gasteiger charge is -2.09. The molecule has 282 valence electrons. The molecule has 4 rings (SSSR count). The third-order valence-electron chi connectivity index (χ3n) is 7.62. The molecule has 0 nitrogen and oxygen atoms in total. The van der Waals surface area contributed by atoms with E-state index in [4.69, 9.17) is 0 Å². The van der Waals surface area contributed by atoms with E-state index >= 15 is 0 Å². The Hall–Kier alpha value is -3.12. The largest absolute Gasteiger partial charge is 0.0776 e. The molecule has 4 aromatic rings. The maximum absolute atomic E-state index is 2.28. The van der Waals surface area contributed by atoms with E-state index in [1.54, 1.807) is 0 Å². The molecular weight excluding hydrogens is 589 g/mol. The van der Waals surface area contributed by atoms with E-state index in [0.29, 0.717) is 23.7 Å². The zero-order chi connectivity index (χ0) is 34.0. The molecule has 0 unspecified atom stereocenters. The van der Waals surface area contributed by atoms with Gasteiger partial charge >= 0.3 is 0 Å². The average molecular weight is 675 g/mol. The van der Waals surface area contributed by atoms with Crippen molar-refractivity contribution < 1.29 is 0 Å². The predicted octanol–water partition coefficient (Wildman–Crippen LogP) is 17.3. The summed E-state index contributed by atoms with van der Waals surface area (Å²) in [7, 11) is 0. The molecule has 0 saturated heterocycles. The van der Waals surface area contributed by atoms with Gasteiger partial charge in [0.25, 0.3) is 0 Å². The van der Waals surface area contributed by atoms with Crippen LogP contribution in [0.15, 0.2) is 84.9 Å².